The quantitative estimate of drug-likeness (QED) is 0.346. The van der Waals surface area contributed by atoms with Crippen LogP contribution in [0.15, 0.2) is 4.79 Å². The minimum Gasteiger partial charge on any atom is -0.422 e. The van der Waals surface area contributed by atoms with Crippen molar-refractivity contribution in [2.24, 2.45) is 0 Å². The van der Waals surface area contributed by atoms with Crippen LogP contribution in [-0.4, -0.2) is 24.9 Å². The number of imidazole rings is 1. The highest BCUT2D eigenvalue weighted by Crippen LogP contribution is 2.13. The first-order valence-corrected chi connectivity index (χ1v) is 4.30. The fraction of sp³-hybridized carbons (Fsp3) is 0. The average Bonchev–Trinajstić information content (AvgIpc) is 2.32. The summed E-state index contributed by atoms with van der Waals surface area (Å²) in [4.78, 5) is 20.9. The molecule has 0 saturated carbocycles. The highest BCUT2D eigenvalue weighted by atomic mass is 127. The highest BCUT2D eigenvalue weighted by Gasteiger charge is 2.11. The smallest absolute Gasteiger partial charge is 0.360 e. The van der Waals surface area contributed by atoms with Gasteiger partial charge in [-0.3, -0.25) is 4.98 Å². The second-order valence-electron chi connectivity index (χ2n) is 2.32. The molecule has 2 rings (SSSR count). The number of rotatable bonds is 0. The van der Waals surface area contributed by atoms with Crippen molar-refractivity contribution in [2.75, 3.05) is 5.73 Å². The van der Waals surface area contributed by atoms with E-state index in [1.807, 2.05) is 22.6 Å². The Morgan fingerprint density at radius 2 is 2.23 bits per heavy atom. The van der Waals surface area contributed by atoms with Gasteiger partial charge in [0.25, 0.3) is 0 Å². The number of hydrogen-bond acceptors (Lipinski definition) is 5. The molecule has 7 nitrogen and oxygen atoms in total. The van der Waals surface area contributed by atoms with Crippen LogP contribution in [0.5, 0.6) is 0 Å². The van der Waals surface area contributed by atoms with E-state index in [0.29, 0.717) is 8.56 Å². The van der Waals surface area contributed by atoms with Crippen molar-refractivity contribution in [1.29, 1.82) is 0 Å². The van der Waals surface area contributed by atoms with Crippen LogP contribution in [0.2, 0.25) is 0 Å². The minimum absolute atomic E-state index is 0.0851. The Labute approximate surface area is 84.7 Å². The van der Waals surface area contributed by atoms with E-state index in [1.54, 1.807) is 0 Å². The van der Waals surface area contributed by atoms with Crippen LogP contribution in [0, 0.1) is 3.83 Å². The van der Waals surface area contributed by atoms with Crippen LogP contribution in [0.25, 0.3) is 11.2 Å². The average molecular weight is 293 g/mol. The molecular weight excluding hydrogens is 289 g/mol. The molecule has 2 aromatic heterocycles. The van der Waals surface area contributed by atoms with Crippen molar-refractivity contribution in [3.63, 3.8) is 0 Å². The van der Waals surface area contributed by atoms with Crippen molar-refractivity contribution in [1.82, 2.24) is 19.7 Å². The number of aromatic nitrogens is 4. The molecule has 0 aromatic carbocycles. The van der Waals surface area contributed by atoms with E-state index in [1.165, 1.54) is 0 Å². The van der Waals surface area contributed by atoms with E-state index in [4.69, 9.17) is 5.73 Å². The molecule has 0 bridgehead atoms. The van der Waals surface area contributed by atoms with Crippen LogP contribution in [0.1, 0.15) is 0 Å². The number of H-pyrrole nitrogens is 1. The third-order valence-corrected chi connectivity index (χ3v) is 2.00. The van der Waals surface area contributed by atoms with Crippen molar-refractivity contribution < 1.29 is 5.21 Å². The Morgan fingerprint density at radius 3 is 2.92 bits per heavy atom. The first kappa shape index (κ1) is 8.29. The lowest BCUT2D eigenvalue weighted by Gasteiger charge is -1.95. The molecule has 8 heteroatoms. The lowest BCUT2D eigenvalue weighted by Crippen LogP contribution is -2.13. The lowest BCUT2D eigenvalue weighted by molar-refractivity contribution is 0.186. The van der Waals surface area contributed by atoms with Gasteiger partial charge in [-0.05, 0) is 0 Å². The van der Waals surface area contributed by atoms with Gasteiger partial charge in [-0.25, -0.2) is 9.78 Å². The topological polar surface area (TPSA) is 110 Å². The van der Waals surface area contributed by atoms with Gasteiger partial charge < -0.3 is 10.9 Å². The van der Waals surface area contributed by atoms with Crippen LogP contribution in [-0.2, 0) is 0 Å². The molecule has 2 heterocycles. The molecule has 0 aliphatic heterocycles. The Balaban J connectivity index is 3.03. The lowest BCUT2D eigenvalue weighted by atomic mass is 10.5. The molecule has 0 fully saturated rings. The normalized spacial score (nSPS) is 10.8. The summed E-state index contributed by atoms with van der Waals surface area (Å²) in [5.74, 6) is 0.138. The largest absolute Gasteiger partial charge is 0.422 e. The standard InChI is InChI=1S/C5H4IN5O2/c6-4-9-2(7)1-3(10-4)11(13)5(12)8-1/h13H,(H,8,12)(H2,7,9,10). The molecule has 0 amide bonds. The van der Waals surface area contributed by atoms with E-state index in [9.17, 15) is 10.0 Å². The summed E-state index contributed by atoms with van der Waals surface area (Å²) in [5.41, 5.74) is 5.13. The van der Waals surface area contributed by atoms with E-state index >= 15 is 0 Å². The van der Waals surface area contributed by atoms with Crippen LogP contribution in [0.3, 0.4) is 0 Å². The van der Waals surface area contributed by atoms with Crippen LogP contribution in [0.4, 0.5) is 5.82 Å². The second-order valence-corrected chi connectivity index (χ2v) is 3.28. The molecule has 13 heavy (non-hydrogen) atoms. The van der Waals surface area contributed by atoms with Gasteiger partial charge in [0, 0.05) is 22.6 Å². The fourth-order valence-corrected chi connectivity index (χ4v) is 1.46. The molecule has 4 N–H and O–H groups in total. The van der Waals surface area contributed by atoms with Gasteiger partial charge >= 0.3 is 5.69 Å². The fourth-order valence-electron chi connectivity index (χ4n) is 0.967. The minimum atomic E-state index is -0.682. The van der Waals surface area contributed by atoms with Crippen molar-refractivity contribution in [3.8, 4) is 0 Å². The van der Waals surface area contributed by atoms with Crippen LogP contribution >= 0.6 is 22.6 Å². The van der Waals surface area contributed by atoms with E-state index in [-0.39, 0.29) is 17.0 Å². The Kier molecular flexibility index (Phi) is 1.65. The summed E-state index contributed by atoms with van der Waals surface area (Å²) in [6.07, 6.45) is 0. The predicted octanol–water partition coefficient (Wildman–Crippen LogP) is -0.456. The zero-order valence-corrected chi connectivity index (χ0v) is 8.31. The summed E-state index contributed by atoms with van der Waals surface area (Å²) in [7, 11) is 0. The molecule has 68 valence electrons. The van der Waals surface area contributed by atoms with Crippen molar-refractivity contribution >= 4 is 39.6 Å². The van der Waals surface area contributed by atoms with E-state index in [0.717, 1.165) is 0 Å². The zero-order valence-electron chi connectivity index (χ0n) is 6.15. The third kappa shape index (κ3) is 1.13. The second kappa shape index (κ2) is 2.58. The third-order valence-electron chi connectivity index (χ3n) is 1.52. The Bertz CT molecular complexity index is 529. The Hall–Kier alpha value is -1.32. The number of nitrogens with one attached hydrogen (secondary N) is 1. The maximum absolute atomic E-state index is 10.9. The summed E-state index contributed by atoms with van der Waals surface area (Å²) < 4.78 is 0.764. The molecule has 0 radical (unpaired) electrons. The van der Waals surface area contributed by atoms with Gasteiger partial charge in [0.2, 0.25) is 5.65 Å². The molecule has 0 aliphatic rings. The number of anilines is 1. The molecule has 0 aliphatic carbocycles. The number of nitrogens with zero attached hydrogens (tertiary/aromatic N) is 3. The molecule has 0 atom stereocenters. The maximum atomic E-state index is 10.9. The van der Waals surface area contributed by atoms with E-state index in [2.05, 4.69) is 15.0 Å². The van der Waals surface area contributed by atoms with Crippen molar-refractivity contribution in [3.05, 3.63) is 14.3 Å². The molecule has 0 spiro atoms. The zero-order chi connectivity index (χ0) is 9.59. The Morgan fingerprint density at radius 1 is 1.54 bits per heavy atom. The number of nitrogens with two attached hydrogens (primary N) is 1. The SMILES string of the molecule is Nc1nc(I)nc2c1[nH]c(=O)n2O. The molecule has 0 saturated heterocycles. The highest BCUT2D eigenvalue weighted by molar-refractivity contribution is 14.1. The van der Waals surface area contributed by atoms with E-state index < -0.39 is 5.69 Å². The number of aromatic amines is 1. The summed E-state index contributed by atoms with van der Waals surface area (Å²) in [5, 5.41) is 9.17. The molecule has 0 unspecified atom stereocenters. The first-order valence-electron chi connectivity index (χ1n) is 3.22. The van der Waals surface area contributed by atoms with Gasteiger partial charge in [-0.1, -0.05) is 0 Å². The number of nitrogen functional groups attached to an aromatic ring is 1. The first-order chi connectivity index (χ1) is 6.09. The monoisotopic (exact) mass is 293 g/mol. The maximum Gasteiger partial charge on any atom is 0.360 e. The summed E-state index contributed by atoms with van der Waals surface area (Å²) >= 11 is 1.84. The van der Waals surface area contributed by atoms with Crippen LogP contribution < -0.4 is 11.4 Å². The van der Waals surface area contributed by atoms with Gasteiger partial charge in [0.1, 0.15) is 5.52 Å². The van der Waals surface area contributed by atoms with Gasteiger partial charge in [-0.2, -0.15) is 4.98 Å². The van der Waals surface area contributed by atoms with Gasteiger partial charge in [0.05, 0.1) is 0 Å². The number of halogens is 1. The number of fused-ring (bicyclic) bond motifs is 1. The van der Waals surface area contributed by atoms with Gasteiger partial charge in [0.15, 0.2) is 9.65 Å². The molecular formula is C5H4IN5O2. The predicted molar refractivity (Wildman–Crippen MR) is 52.5 cm³/mol. The summed E-state index contributed by atoms with van der Waals surface area (Å²) in [6, 6.07) is 0. The van der Waals surface area contributed by atoms with Gasteiger partial charge in [-0.15, -0.1) is 4.73 Å². The molecule has 2 aromatic rings. The number of hydrogen-bond donors (Lipinski definition) is 3. The summed E-state index contributed by atoms with van der Waals surface area (Å²) in [6.45, 7) is 0. The van der Waals surface area contributed by atoms with Crippen molar-refractivity contribution in [2.45, 2.75) is 0 Å².